The summed E-state index contributed by atoms with van der Waals surface area (Å²) in [5.74, 6) is 0.788. The van der Waals surface area contributed by atoms with E-state index in [0.717, 1.165) is 28.8 Å². The summed E-state index contributed by atoms with van der Waals surface area (Å²) in [4.78, 5) is 23.7. The number of hydrogen-bond donors (Lipinski definition) is 0. The number of halogens is 2. The maximum absolute atomic E-state index is 12.6. The van der Waals surface area contributed by atoms with E-state index in [1.807, 2.05) is 59.6 Å². The molecule has 1 aliphatic heterocycles. The summed E-state index contributed by atoms with van der Waals surface area (Å²) in [5.41, 5.74) is 3.90. The molecule has 1 amide bonds. The van der Waals surface area contributed by atoms with E-state index < -0.39 is 0 Å². The first-order valence-corrected chi connectivity index (χ1v) is 9.47. The molecule has 0 fully saturated rings. The number of benzene rings is 2. The Balaban J connectivity index is 1.47. The van der Waals surface area contributed by atoms with E-state index in [2.05, 4.69) is 4.98 Å². The zero-order valence-corrected chi connectivity index (χ0v) is 16.0. The summed E-state index contributed by atoms with van der Waals surface area (Å²) in [7, 11) is 0. The molecular formula is C21H17Cl2N3O. The van der Waals surface area contributed by atoms with Gasteiger partial charge in [0.15, 0.2) is 5.82 Å². The molecule has 0 spiro atoms. The van der Waals surface area contributed by atoms with Crippen LogP contribution in [-0.4, -0.2) is 27.3 Å². The van der Waals surface area contributed by atoms with Gasteiger partial charge >= 0.3 is 0 Å². The molecule has 2 aromatic carbocycles. The van der Waals surface area contributed by atoms with Gasteiger partial charge in [0.1, 0.15) is 0 Å². The van der Waals surface area contributed by atoms with Crippen LogP contribution < -0.4 is 0 Å². The van der Waals surface area contributed by atoms with Crippen molar-refractivity contribution in [3.05, 3.63) is 81.6 Å². The van der Waals surface area contributed by atoms with E-state index in [4.69, 9.17) is 28.2 Å². The highest BCUT2D eigenvalue weighted by atomic mass is 35.5. The highest BCUT2D eigenvalue weighted by molar-refractivity contribution is 6.30. The Morgan fingerprint density at radius 3 is 2.37 bits per heavy atom. The van der Waals surface area contributed by atoms with Gasteiger partial charge in [0.2, 0.25) is 5.91 Å². The van der Waals surface area contributed by atoms with Crippen LogP contribution in [0.25, 0.3) is 11.4 Å². The molecule has 1 aromatic heterocycles. The third kappa shape index (κ3) is 4.12. The quantitative estimate of drug-likeness (QED) is 0.649. The standard InChI is InChI=1S/C21H17Cl2N3O/c22-17-5-1-14(2-6-17)11-20(27)26-10-9-19-16(13-26)12-24-21(25-19)15-3-7-18(23)8-4-15/h1-8,12H,9-11,13H2. The number of hydrogen-bond acceptors (Lipinski definition) is 3. The van der Waals surface area contributed by atoms with Crippen molar-refractivity contribution in [3.8, 4) is 11.4 Å². The molecule has 0 saturated carbocycles. The summed E-state index contributed by atoms with van der Waals surface area (Å²) in [6.07, 6.45) is 2.93. The fraction of sp³-hybridized carbons (Fsp3) is 0.190. The molecule has 4 rings (SSSR count). The van der Waals surface area contributed by atoms with Crippen LogP contribution in [-0.2, 0) is 24.2 Å². The summed E-state index contributed by atoms with van der Waals surface area (Å²) >= 11 is 11.8. The Labute approximate surface area is 167 Å². The third-order valence-electron chi connectivity index (χ3n) is 4.66. The third-order valence-corrected chi connectivity index (χ3v) is 5.16. The number of aromatic nitrogens is 2. The molecule has 0 atom stereocenters. The number of rotatable bonds is 3. The van der Waals surface area contributed by atoms with Crippen molar-refractivity contribution < 1.29 is 4.79 Å². The minimum absolute atomic E-state index is 0.102. The first kappa shape index (κ1) is 18.0. The van der Waals surface area contributed by atoms with E-state index in [-0.39, 0.29) is 5.91 Å². The van der Waals surface area contributed by atoms with E-state index in [9.17, 15) is 4.79 Å². The Hall–Kier alpha value is -2.43. The second kappa shape index (κ2) is 7.67. The summed E-state index contributed by atoms with van der Waals surface area (Å²) in [6.45, 7) is 1.21. The van der Waals surface area contributed by atoms with Crippen LogP contribution in [0.2, 0.25) is 10.0 Å². The van der Waals surface area contributed by atoms with E-state index in [1.54, 1.807) is 0 Å². The predicted octanol–water partition coefficient (Wildman–Crippen LogP) is 4.58. The summed E-state index contributed by atoms with van der Waals surface area (Å²) in [6, 6.07) is 14.9. The molecule has 2 heterocycles. The highest BCUT2D eigenvalue weighted by Gasteiger charge is 2.22. The van der Waals surface area contributed by atoms with Crippen LogP contribution in [0.1, 0.15) is 16.8 Å². The first-order chi connectivity index (χ1) is 13.1. The fourth-order valence-electron chi connectivity index (χ4n) is 3.16. The van der Waals surface area contributed by atoms with Gasteiger partial charge in [-0.05, 0) is 42.0 Å². The molecule has 6 heteroatoms. The van der Waals surface area contributed by atoms with E-state index in [0.29, 0.717) is 35.4 Å². The first-order valence-electron chi connectivity index (χ1n) is 8.71. The van der Waals surface area contributed by atoms with Crippen molar-refractivity contribution in [2.24, 2.45) is 0 Å². The molecular weight excluding hydrogens is 381 g/mol. The molecule has 27 heavy (non-hydrogen) atoms. The lowest BCUT2D eigenvalue weighted by atomic mass is 10.1. The van der Waals surface area contributed by atoms with Gasteiger partial charge in [0.05, 0.1) is 12.1 Å². The molecule has 4 nitrogen and oxygen atoms in total. The Morgan fingerprint density at radius 2 is 1.67 bits per heavy atom. The lowest BCUT2D eigenvalue weighted by Crippen LogP contribution is -2.37. The molecule has 136 valence electrons. The largest absolute Gasteiger partial charge is 0.338 e. The normalized spacial score (nSPS) is 13.3. The molecule has 0 bridgehead atoms. The zero-order chi connectivity index (χ0) is 18.8. The Morgan fingerprint density at radius 1 is 1.00 bits per heavy atom. The monoisotopic (exact) mass is 397 g/mol. The smallest absolute Gasteiger partial charge is 0.227 e. The second-order valence-electron chi connectivity index (χ2n) is 6.54. The Kier molecular flexibility index (Phi) is 5.10. The topological polar surface area (TPSA) is 46.1 Å². The van der Waals surface area contributed by atoms with Gasteiger partial charge in [-0.2, -0.15) is 0 Å². The predicted molar refractivity (Wildman–Crippen MR) is 107 cm³/mol. The maximum Gasteiger partial charge on any atom is 0.227 e. The van der Waals surface area contributed by atoms with Crippen LogP contribution in [0.4, 0.5) is 0 Å². The number of carbonyl (C=O) groups is 1. The maximum atomic E-state index is 12.6. The lowest BCUT2D eigenvalue weighted by molar-refractivity contribution is -0.131. The van der Waals surface area contributed by atoms with Crippen LogP contribution >= 0.6 is 23.2 Å². The summed E-state index contributed by atoms with van der Waals surface area (Å²) in [5, 5.41) is 1.36. The van der Waals surface area contributed by atoms with Crippen LogP contribution in [0, 0.1) is 0 Å². The Bertz CT molecular complexity index is 972. The number of nitrogens with zero attached hydrogens (tertiary/aromatic N) is 3. The van der Waals surface area contributed by atoms with Crippen LogP contribution in [0.15, 0.2) is 54.7 Å². The average Bonchev–Trinajstić information content (AvgIpc) is 2.69. The lowest BCUT2D eigenvalue weighted by Gasteiger charge is -2.28. The number of amides is 1. The van der Waals surface area contributed by atoms with Crippen molar-refractivity contribution in [2.75, 3.05) is 6.54 Å². The van der Waals surface area contributed by atoms with Crippen molar-refractivity contribution in [1.82, 2.24) is 14.9 Å². The second-order valence-corrected chi connectivity index (χ2v) is 7.41. The minimum Gasteiger partial charge on any atom is -0.338 e. The van der Waals surface area contributed by atoms with Crippen molar-refractivity contribution in [3.63, 3.8) is 0 Å². The van der Waals surface area contributed by atoms with Gasteiger partial charge in [-0.3, -0.25) is 4.79 Å². The van der Waals surface area contributed by atoms with Gasteiger partial charge in [-0.1, -0.05) is 35.3 Å². The minimum atomic E-state index is 0.102. The van der Waals surface area contributed by atoms with Gasteiger partial charge in [-0.25, -0.2) is 9.97 Å². The van der Waals surface area contributed by atoms with Gasteiger partial charge in [-0.15, -0.1) is 0 Å². The molecule has 0 N–H and O–H groups in total. The molecule has 0 saturated heterocycles. The van der Waals surface area contributed by atoms with Gasteiger partial charge < -0.3 is 4.90 Å². The van der Waals surface area contributed by atoms with Gasteiger partial charge in [0, 0.05) is 46.9 Å². The number of fused-ring (bicyclic) bond motifs is 1. The van der Waals surface area contributed by atoms with Crippen molar-refractivity contribution >= 4 is 29.1 Å². The molecule has 0 unspecified atom stereocenters. The fourth-order valence-corrected chi connectivity index (χ4v) is 3.41. The van der Waals surface area contributed by atoms with E-state index in [1.165, 1.54) is 0 Å². The van der Waals surface area contributed by atoms with Crippen LogP contribution in [0.5, 0.6) is 0 Å². The molecule has 1 aliphatic rings. The van der Waals surface area contributed by atoms with Crippen LogP contribution in [0.3, 0.4) is 0 Å². The molecule has 3 aromatic rings. The molecule has 0 radical (unpaired) electrons. The zero-order valence-electron chi connectivity index (χ0n) is 14.5. The highest BCUT2D eigenvalue weighted by Crippen LogP contribution is 2.23. The molecule has 0 aliphatic carbocycles. The van der Waals surface area contributed by atoms with Gasteiger partial charge in [0.25, 0.3) is 0 Å². The summed E-state index contributed by atoms with van der Waals surface area (Å²) < 4.78 is 0. The SMILES string of the molecule is O=C(Cc1ccc(Cl)cc1)N1CCc2nc(-c3ccc(Cl)cc3)ncc2C1. The average molecular weight is 398 g/mol. The van der Waals surface area contributed by atoms with Crippen molar-refractivity contribution in [1.29, 1.82) is 0 Å². The number of carbonyl (C=O) groups excluding carboxylic acids is 1. The van der Waals surface area contributed by atoms with Crippen molar-refractivity contribution in [2.45, 2.75) is 19.4 Å². The van der Waals surface area contributed by atoms with E-state index >= 15 is 0 Å².